The Kier molecular flexibility index (Phi) is 3.57. The van der Waals surface area contributed by atoms with Crippen LogP contribution in [0.15, 0.2) is 51.7 Å². The largest absolute Gasteiger partial charge is 0.506 e. The van der Waals surface area contributed by atoms with Crippen molar-refractivity contribution in [1.29, 1.82) is 0 Å². The number of carboxylic acid groups (broad SMARTS) is 1. The summed E-state index contributed by atoms with van der Waals surface area (Å²) < 4.78 is 17.8. The predicted octanol–water partition coefficient (Wildman–Crippen LogP) is 2.93. The van der Waals surface area contributed by atoms with Crippen molar-refractivity contribution in [2.24, 2.45) is 0 Å². The minimum Gasteiger partial charge on any atom is -0.506 e. The van der Waals surface area contributed by atoms with Crippen LogP contribution < -0.4 is 5.63 Å². The molecule has 0 saturated heterocycles. The summed E-state index contributed by atoms with van der Waals surface area (Å²) in [5.74, 6) is -2.51. The Morgan fingerprint density at radius 1 is 1.09 bits per heavy atom. The summed E-state index contributed by atoms with van der Waals surface area (Å²) in [6.45, 7) is 0. The molecular formula is C17H11FO5. The molecule has 0 amide bonds. The van der Waals surface area contributed by atoms with Crippen LogP contribution in [-0.4, -0.2) is 16.2 Å². The van der Waals surface area contributed by atoms with Crippen molar-refractivity contribution in [3.05, 3.63) is 75.4 Å². The number of rotatable bonds is 3. The van der Waals surface area contributed by atoms with Crippen LogP contribution >= 0.6 is 0 Å². The molecule has 0 spiro atoms. The van der Waals surface area contributed by atoms with Crippen molar-refractivity contribution in [1.82, 2.24) is 0 Å². The van der Waals surface area contributed by atoms with Gasteiger partial charge < -0.3 is 14.6 Å². The highest BCUT2D eigenvalue weighted by Crippen LogP contribution is 2.28. The summed E-state index contributed by atoms with van der Waals surface area (Å²) in [7, 11) is 0. The molecule has 0 aliphatic heterocycles. The maximum absolute atomic E-state index is 12.9. The second kappa shape index (κ2) is 5.57. The molecule has 1 aromatic heterocycles. The molecule has 0 atom stereocenters. The zero-order valence-corrected chi connectivity index (χ0v) is 11.7. The van der Waals surface area contributed by atoms with Crippen LogP contribution in [0.25, 0.3) is 11.0 Å². The van der Waals surface area contributed by atoms with E-state index in [1.165, 1.54) is 18.2 Å². The third-order valence-electron chi connectivity index (χ3n) is 3.48. The second-order valence-electron chi connectivity index (χ2n) is 5.05. The van der Waals surface area contributed by atoms with Gasteiger partial charge in [0.2, 0.25) is 0 Å². The molecule has 1 heterocycles. The van der Waals surface area contributed by atoms with Crippen molar-refractivity contribution >= 4 is 16.9 Å². The number of hydrogen-bond acceptors (Lipinski definition) is 4. The highest BCUT2D eigenvalue weighted by Gasteiger charge is 2.20. The molecule has 116 valence electrons. The molecule has 0 unspecified atom stereocenters. The standard InChI is InChI=1S/C17H11FO5/c18-11-4-1-9(2-5-11)7-10-3-6-13-12(8-10)15(19)14(16(20)21)17(22)23-13/h1-6,8,19H,7H2,(H,20,21). The fourth-order valence-electron chi connectivity index (χ4n) is 2.37. The lowest BCUT2D eigenvalue weighted by atomic mass is 10.0. The fourth-order valence-corrected chi connectivity index (χ4v) is 2.37. The van der Waals surface area contributed by atoms with Crippen LogP contribution in [0.3, 0.4) is 0 Å². The van der Waals surface area contributed by atoms with Gasteiger partial charge in [0.15, 0.2) is 5.56 Å². The van der Waals surface area contributed by atoms with Gasteiger partial charge in [0, 0.05) is 0 Å². The maximum Gasteiger partial charge on any atom is 0.354 e. The molecule has 0 aliphatic carbocycles. The van der Waals surface area contributed by atoms with E-state index < -0.39 is 22.9 Å². The molecule has 6 heteroatoms. The van der Waals surface area contributed by atoms with Gasteiger partial charge >= 0.3 is 11.6 Å². The van der Waals surface area contributed by atoms with E-state index in [0.717, 1.165) is 11.1 Å². The normalized spacial score (nSPS) is 10.8. The summed E-state index contributed by atoms with van der Waals surface area (Å²) in [5, 5.41) is 19.2. The van der Waals surface area contributed by atoms with E-state index in [0.29, 0.717) is 6.42 Å². The van der Waals surface area contributed by atoms with Gasteiger partial charge in [0.1, 0.15) is 17.1 Å². The highest BCUT2D eigenvalue weighted by atomic mass is 19.1. The van der Waals surface area contributed by atoms with Crippen LogP contribution in [0.2, 0.25) is 0 Å². The number of carbonyl (C=O) groups is 1. The Hall–Kier alpha value is -3.15. The van der Waals surface area contributed by atoms with Gasteiger partial charge in [-0.25, -0.2) is 14.0 Å². The first-order valence-electron chi connectivity index (χ1n) is 6.72. The van der Waals surface area contributed by atoms with Gasteiger partial charge in [0.25, 0.3) is 0 Å². The maximum atomic E-state index is 12.9. The topological polar surface area (TPSA) is 87.7 Å². The molecule has 2 N–H and O–H groups in total. The number of fused-ring (bicyclic) bond motifs is 1. The van der Waals surface area contributed by atoms with Crippen LogP contribution in [-0.2, 0) is 6.42 Å². The zero-order chi connectivity index (χ0) is 16.6. The van der Waals surface area contributed by atoms with E-state index >= 15 is 0 Å². The Labute approximate surface area is 129 Å². The third kappa shape index (κ3) is 2.78. The first-order valence-corrected chi connectivity index (χ1v) is 6.72. The van der Waals surface area contributed by atoms with Crippen LogP contribution in [0.5, 0.6) is 5.75 Å². The minimum absolute atomic E-state index is 0.0976. The molecule has 23 heavy (non-hydrogen) atoms. The van der Waals surface area contributed by atoms with Crippen molar-refractivity contribution < 1.29 is 23.8 Å². The van der Waals surface area contributed by atoms with Gasteiger partial charge in [-0.05, 0) is 41.8 Å². The summed E-state index contributed by atoms with van der Waals surface area (Å²) >= 11 is 0. The fraction of sp³-hybridized carbons (Fsp3) is 0.0588. The SMILES string of the molecule is O=C(O)c1c(O)c2cc(Cc3ccc(F)cc3)ccc2oc1=O. The summed E-state index contributed by atoms with van der Waals surface area (Å²) in [4.78, 5) is 22.6. The molecule has 0 fully saturated rings. The van der Waals surface area contributed by atoms with E-state index in [-0.39, 0.29) is 16.8 Å². The number of aromatic hydroxyl groups is 1. The van der Waals surface area contributed by atoms with Crippen LogP contribution in [0.4, 0.5) is 4.39 Å². The third-order valence-corrected chi connectivity index (χ3v) is 3.48. The molecule has 0 aliphatic rings. The van der Waals surface area contributed by atoms with Crippen molar-refractivity contribution in [2.45, 2.75) is 6.42 Å². The molecule has 3 rings (SSSR count). The number of carboxylic acids is 1. The van der Waals surface area contributed by atoms with Gasteiger partial charge in [-0.15, -0.1) is 0 Å². The monoisotopic (exact) mass is 314 g/mol. The van der Waals surface area contributed by atoms with E-state index in [2.05, 4.69) is 0 Å². The number of hydrogen-bond donors (Lipinski definition) is 2. The van der Waals surface area contributed by atoms with E-state index in [4.69, 9.17) is 9.52 Å². The van der Waals surface area contributed by atoms with Gasteiger partial charge in [-0.3, -0.25) is 0 Å². The van der Waals surface area contributed by atoms with Crippen molar-refractivity contribution in [2.75, 3.05) is 0 Å². The van der Waals surface area contributed by atoms with Crippen molar-refractivity contribution in [3.63, 3.8) is 0 Å². The average molecular weight is 314 g/mol. The minimum atomic E-state index is -1.55. The van der Waals surface area contributed by atoms with Crippen LogP contribution in [0, 0.1) is 5.82 Å². The Balaban J connectivity index is 2.09. The average Bonchev–Trinajstić information content (AvgIpc) is 2.50. The lowest BCUT2D eigenvalue weighted by molar-refractivity contribution is 0.0689. The first-order chi connectivity index (χ1) is 11.0. The molecule has 5 nitrogen and oxygen atoms in total. The van der Waals surface area contributed by atoms with Crippen LogP contribution in [0.1, 0.15) is 21.5 Å². The molecule has 2 aromatic carbocycles. The Morgan fingerprint density at radius 2 is 1.74 bits per heavy atom. The predicted molar refractivity (Wildman–Crippen MR) is 80.3 cm³/mol. The molecule has 0 bridgehead atoms. The first kappa shape index (κ1) is 14.8. The molecule has 3 aromatic rings. The summed E-state index contributed by atoms with van der Waals surface area (Å²) in [5.41, 5.74) is -0.198. The molecule has 0 saturated carbocycles. The number of halogens is 1. The number of benzene rings is 2. The Morgan fingerprint density at radius 3 is 2.39 bits per heavy atom. The van der Waals surface area contributed by atoms with Gasteiger partial charge in [-0.1, -0.05) is 18.2 Å². The highest BCUT2D eigenvalue weighted by molar-refractivity contribution is 5.97. The van der Waals surface area contributed by atoms with E-state index in [9.17, 15) is 19.1 Å². The van der Waals surface area contributed by atoms with E-state index in [1.54, 1.807) is 24.3 Å². The Bertz CT molecular complexity index is 957. The summed E-state index contributed by atoms with van der Waals surface area (Å²) in [6, 6.07) is 10.7. The zero-order valence-electron chi connectivity index (χ0n) is 11.7. The quantitative estimate of drug-likeness (QED) is 0.726. The molecule has 0 radical (unpaired) electrons. The molecular weight excluding hydrogens is 303 g/mol. The second-order valence-corrected chi connectivity index (χ2v) is 5.05. The van der Waals surface area contributed by atoms with Gasteiger partial charge in [-0.2, -0.15) is 0 Å². The van der Waals surface area contributed by atoms with E-state index in [1.807, 2.05) is 0 Å². The smallest absolute Gasteiger partial charge is 0.354 e. The van der Waals surface area contributed by atoms with Crippen molar-refractivity contribution in [3.8, 4) is 5.75 Å². The number of aromatic carboxylic acids is 1. The summed E-state index contributed by atoms with van der Waals surface area (Å²) in [6.07, 6.45) is 0.456. The lowest BCUT2D eigenvalue weighted by Crippen LogP contribution is -2.13. The lowest BCUT2D eigenvalue weighted by Gasteiger charge is -2.06. The van der Waals surface area contributed by atoms with Gasteiger partial charge in [0.05, 0.1) is 5.39 Å².